The number of carboxylic acid groups (broad SMARTS) is 1. The summed E-state index contributed by atoms with van der Waals surface area (Å²) >= 11 is 1.22. The maximum atomic E-state index is 12.1. The number of benzene rings is 1. The minimum Gasteiger partial charge on any atom is -0.478 e. The van der Waals surface area contributed by atoms with Crippen LogP contribution in [0.2, 0.25) is 0 Å². The summed E-state index contributed by atoms with van der Waals surface area (Å²) in [5, 5.41) is 28.3. The summed E-state index contributed by atoms with van der Waals surface area (Å²) in [6, 6.07) is 6.15. The Hall–Kier alpha value is -2.88. The molecule has 2 aromatic rings. The number of hydrogen-bond donors (Lipinski definition) is 1. The molecule has 0 amide bonds. The molecule has 0 aliphatic carbocycles. The van der Waals surface area contributed by atoms with Crippen molar-refractivity contribution in [3.63, 3.8) is 0 Å². The fourth-order valence-electron chi connectivity index (χ4n) is 2.01. The number of hydrogen-bond acceptors (Lipinski definition) is 8. The van der Waals surface area contributed by atoms with E-state index in [1.165, 1.54) is 34.8 Å². The van der Waals surface area contributed by atoms with Crippen molar-refractivity contribution in [3.05, 3.63) is 42.1 Å². The Kier molecular flexibility index (Phi) is 4.75. The Morgan fingerprint density at radius 2 is 2.08 bits per heavy atom. The zero-order chi connectivity index (χ0) is 16.9. The van der Waals surface area contributed by atoms with Crippen LogP contribution >= 0.6 is 11.8 Å². The van der Waals surface area contributed by atoms with Crippen LogP contribution in [0.3, 0.4) is 0 Å². The third-order valence-electron chi connectivity index (χ3n) is 3.30. The molecule has 3 rings (SSSR count). The third kappa shape index (κ3) is 3.54. The molecule has 9 nitrogen and oxygen atoms in total. The fourth-order valence-corrected chi connectivity index (χ4v) is 2.86. The first-order valence-electron chi connectivity index (χ1n) is 6.96. The minimum atomic E-state index is -1.00. The molecular formula is C14H12N6O3S. The molecule has 24 heavy (non-hydrogen) atoms. The summed E-state index contributed by atoms with van der Waals surface area (Å²) in [6.45, 7) is 0.359. The van der Waals surface area contributed by atoms with Gasteiger partial charge in [-0.2, -0.15) is 14.9 Å². The van der Waals surface area contributed by atoms with Gasteiger partial charge in [0.25, 0.3) is 0 Å². The maximum absolute atomic E-state index is 12.1. The lowest BCUT2D eigenvalue weighted by molar-refractivity contribution is -0.118. The lowest BCUT2D eigenvalue weighted by Gasteiger charge is -2.10. The van der Waals surface area contributed by atoms with Crippen LogP contribution in [0.15, 0.2) is 51.9 Å². The zero-order valence-corrected chi connectivity index (χ0v) is 13.1. The van der Waals surface area contributed by atoms with E-state index in [9.17, 15) is 9.59 Å². The molecule has 1 aliphatic rings. The van der Waals surface area contributed by atoms with Gasteiger partial charge in [0.05, 0.1) is 29.5 Å². The number of tetrazole rings is 1. The van der Waals surface area contributed by atoms with Crippen LogP contribution < -0.4 is 0 Å². The maximum Gasteiger partial charge on any atom is 0.335 e. The first kappa shape index (κ1) is 16.0. The first-order valence-corrected chi connectivity index (χ1v) is 7.94. The van der Waals surface area contributed by atoms with Gasteiger partial charge in [-0.1, -0.05) is 17.8 Å². The Labute approximate surface area is 140 Å². The van der Waals surface area contributed by atoms with E-state index in [4.69, 9.17) is 5.11 Å². The first-order chi connectivity index (χ1) is 11.6. The highest BCUT2D eigenvalue weighted by molar-refractivity contribution is 7.99. The van der Waals surface area contributed by atoms with E-state index < -0.39 is 5.97 Å². The molecule has 0 fully saturated rings. The standard InChI is InChI=1S/C14H12N6O3S/c21-12(10-5-6-15-16-7-10)8-24-14-17-18-19-20(14)11-3-1-9(2-4-11)13(22)23/h1-6,10H,7-8H2,(H,22,23). The molecule has 10 heteroatoms. The molecule has 2 heterocycles. The number of thioether (sulfide) groups is 1. The smallest absolute Gasteiger partial charge is 0.335 e. The Morgan fingerprint density at radius 3 is 2.75 bits per heavy atom. The molecule has 1 atom stereocenters. The quantitative estimate of drug-likeness (QED) is 0.790. The van der Waals surface area contributed by atoms with E-state index in [2.05, 4.69) is 25.8 Å². The number of aromatic carboxylic acids is 1. The van der Waals surface area contributed by atoms with Gasteiger partial charge in [0.1, 0.15) is 0 Å². The number of rotatable bonds is 6. The third-order valence-corrected chi connectivity index (χ3v) is 4.24. The van der Waals surface area contributed by atoms with Crippen LogP contribution in [0.25, 0.3) is 5.69 Å². The van der Waals surface area contributed by atoms with Gasteiger partial charge < -0.3 is 5.11 Å². The van der Waals surface area contributed by atoms with Gasteiger partial charge in [-0.25, -0.2) is 4.79 Å². The van der Waals surface area contributed by atoms with Gasteiger partial charge in [0.15, 0.2) is 5.78 Å². The van der Waals surface area contributed by atoms with E-state index in [1.54, 1.807) is 18.2 Å². The summed E-state index contributed by atoms with van der Waals surface area (Å²) in [5.41, 5.74) is 0.792. The average Bonchev–Trinajstić information content (AvgIpc) is 3.09. The predicted molar refractivity (Wildman–Crippen MR) is 84.2 cm³/mol. The largest absolute Gasteiger partial charge is 0.478 e. The summed E-state index contributed by atoms with van der Waals surface area (Å²) in [5.74, 6) is -1.05. The number of aromatic nitrogens is 4. The van der Waals surface area contributed by atoms with Gasteiger partial charge in [-0.3, -0.25) is 4.79 Å². The number of carbonyl (C=O) groups excluding carboxylic acids is 1. The van der Waals surface area contributed by atoms with E-state index in [1.807, 2.05) is 0 Å². The number of ketones is 1. The van der Waals surface area contributed by atoms with Crippen molar-refractivity contribution in [1.82, 2.24) is 20.2 Å². The summed E-state index contributed by atoms with van der Waals surface area (Å²) in [4.78, 5) is 23.0. The van der Waals surface area contributed by atoms with Crippen LogP contribution in [0.1, 0.15) is 10.4 Å². The Balaban J connectivity index is 1.69. The van der Waals surface area contributed by atoms with Crippen molar-refractivity contribution >= 4 is 23.5 Å². The molecule has 0 radical (unpaired) electrons. The van der Waals surface area contributed by atoms with Gasteiger partial charge in [0.2, 0.25) is 5.16 Å². The normalized spacial score (nSPS) is 16.2. The summed E-state index contributed by atoms with van der Waals surface area (Å²) in [6.07, 6.45) is 3.24. The summed E-state index contributed by atoms with van der Waals surface area (Å²) in [7, 11) is 0. The second kappa shape index (κ2) is 7.13. The molecule has 1 unspecified atom stereocenters. The molecule has 0 saturated carbocycles. The number of Topliss-reactive ketones (excluding diaryl/α,β-unsaturated/α-hetero) is 1. The highest BCUT2D eigenvalue weighted by Gasteiger charge is 2.19. The van der Waals surface area contributed by atoms with Crippen molar-refractivity contribution in [1.29, 1.82) is 0 Å². The molecule has 0 saturated heterocycles. The second-order valence-corrected chi connectivity index (χ2v) is 5.81. The highest BCUT2D eigenvalue weighted by Crippen LogP contribution is 2.20. The topological polar surface area (TPSA) is 123 Å². The van der Waals surface area contributed by atoms with Gasteiger partial charge in [-0.15, -0.1) is 5.10 Å². The molecule has 1 aromatic carbocycles. The van der Waals surface area contributed by atoms with Crippen LogP contribution in [-0.2, 0) is 4.79 Å². The fraction of sp³-hybridized carbons (Fsp3) is 0.214. The monoisotopic (exact) mass is 344 g/mol. The van der Waals surface area contributed by atoms with E-state index >= 15 is 0 Å². The number of nitrogens with zero attached hydrogens (tertiary/aromatic N) is 6. The Morgan fingerprint density at radius 1 is 1.29 bits per heavy atom. The second-order valence-electron chi connectivity index (χ2n) is 4.87. The molecule has 1 aliphatic heterocycles. The van der Waals surface area contributed by atoms with E-state index in [0.717, 1.165) is 0 Å². The lowest BCUT2D eigenvalue weighted by atomic mass is 10.1. The van der Waals surface area contributed by atoms with Gasteiger partial charge in [0, 0.05) is 6.20 Å². The lowest BCUT2D eigenvalue weighted by Crippen LogP contribution is -2.18. The molecule has 0 spiro atoms. The minimum absolute atomic E-state index is 0.0191. The van der Waals surface area contributed by atoms with Crippen LogP contribution in [0.4, 0.5) is 0 Å². The van der Waals surface area contributed by atoms with Crippen molar-refractivity contribution in [2.45, 2.75) is 5.16 Å². The molecule has 0 bridgehead atoms. The Bertz CT molecular complexity index is 814. The number of carboxylic acids is 1. The van der Waals surface area contributed by atoms with Crippen molar-refractivity contribution < 1.29 is 14.7 Å². The van der Waals surface area contributed by atoms with Gasteiger partial charge in [-0.05, 0) is 34.7 Å². The van der Waals surface area contributed by atoms with E-state index in [0.29, 0.717) is 17.4 Å². The van der Waals surface area contributed by atoms with E-state index in [-0.39, 0.29) is 23.0 Å². The van der Waals surface area contributed by atoms with Crippen LogP contribution in [0, 0.1) is 5.92 Å². The van der Waals surface area contributed by atoms with Crippen molar-refractivity contribution in [2.24, 2.45) is 16.1 Å². The van der Waals surface area contributed by atoms with Gasteiger partial charge >= 0.3 is 5.97 Å². The van der Waals surface area contributed by atoms with Crippen molar-refractivity contribution in [3.8, 4) is 5.69 Å². The molecule has 1 N–H and O–H groups in total. The highest BCUT2D eigenvalue weighted by atomic mass is 32.2. The SMILES string of the molecule is O=C(O)c1ccc(-n2nnnc2SCC(=O)C2C=CN=NC2)cc1. The zero-order valence-electron chi connectivity index (χ0n) is 12.3. The number of carbonyl (C=O) groups is 2. The molecular weight excluding hydrogens is 332 g/mol. The van der Waals surface area contributed by atoms with Crippen LogP contribution in [-0.4, -0.2) is 49.4 Å². The average molecular weight is 344 g/mol. The number of azo groups is 1. The molecule has 1 aromatic heterocycles. The molecule has 122 valence electrons. The van der Waals surface area contributed by atoms with Crippen LogP contribution in [0.5, 0.6) is 0 Å². The summed E-state index contributed by atoms with van der Waals surface area (Å²) < 4.78 is 1.46. The van der Waals surface area contributed by atoms with Crippen molar-refractivity contribution in [2.75, 3.05) is 12.3 Å². The predicted octanol–water partition coefficient (Wildman–Crippen LogP) is 1.62.